The van der Waals surface area contributed by atoms with Crippen molar-refractivity contribution in [2.45, 2.75) is 6.04 Å². The molecule has 0 aliphatic carbocycles. The Morgan fingerprint density at radius 1 is 1.25 bits per heavy atom. The number of ether oxygens (including phenoxy) is 1. The average molecular weight is 227 g/mol. The maximum absolute atomic E-state index is 10.9. The van der Waals surface area contributed by atoms with Crippen LogP contribution < -0.4 is 0 Å². The van der Waals surface area contributed by atoms with E-state index in [0.717, 1.165) is 45.7 Å². The van der Waals surface area contributed by atoms with Gasteiger partial charge in [-0.1, -0.05) is 0 Å². The fourth-order valence-corrected chi connectivity index (χ4v) is 2.29. The van der Waals surface area contributed by atoms with E-state index in [0.29, 0.717) is 13.2 Å². The van der Waals surface area contributed by atoms with E-state index in [1.807, 2.05) is 4.90 Å². The van der Waals surface area contributed by atoms with E-state index in [1.54, 1.807) is 0 Å². The molecule has 16 heavy (non-hydrogen) atoms. The molecule has 0 spiro atoms. The number of hydrogen-bond acceptors (Lipinski definition) is 4. The Hall–Kier alpha value is -0.650. The van der Waals surface area contributed by atoms with Crippen molar-refractivity contribution >= 4 is 6.41 Å². The van der Waals surface area contributed by atoms with Gasteiger partial charge in [-0.15, -0.1) is 0 Å². The summed E-state index contributed by atoms with van der Waals surface area (Å²) in [6.45, 7) is 7.49. The van der Waals surface area contributed by atoms with Crippen LogP contribution in [0.1, 0.15) is 0 Å². The van der Waals surface area contributed by atoms with Crippen molar-refractivity contribution in [2.24, 2.45) is 0 Å². The number of carbonyl (C=O) groups excluding carboxylic acids is 1. The normalized spacial score (nSPS) is 29.3. The van der Waals surface area contributed by atoms with Gasteiger partial charge in [0.25, 0.3) is 0 Å². The largest absolute Gasteiger partial charge is 0.377 e. The summed E-state index contributed by atoms with van der Waals surface area (Å²) in [5.41, 5.74) is 0. The van der Waals surface area contributed by atoms with Crippen molar-refractivity contribution < 1.29 is 9.53 Å². The summed E-state index contributed by atoms with van der Waals surface area (Å²) in [4.78, 5) is 17.5. The van der Waals surface area contributed by atoms with Crippen LogP contribution in [0, 0.1) is 0 Å². The zero-order valence-electron chi connectivity index (χ0n) is 9.97. The van der Waals surface area contributed by atoms with Gasteiger partial charge in [-0.3, -0.25) is 9.69 Å². The smallest absolute Gasteiger partial charge is 0.210 e. The lowest BCUT2D eigenvalue weighted by atomic mass is 10.2. The van der Waals surface area contributed by atoms with Crippen LogP contribution in [-0.2, 0) is 9.53 Å². The second-order valence-electron chi connectivity index (χ2n) is 4.68. The molecule has 0 saturated carbocycles. The quantitative estimate of drug-likeness (QED) is 0.585. The standard InChI is InChI=1S/C11H21N3O2/c1-12-2-4-13(5-3-12)8-11-9-16-7-6-14(11)10-15/h10-11H,2-9H2,1H3. The van der Waals surface area contributed by atoms with Gasteiger partial charge in [0.1, 0.15) is 0 Å². The van der Waals surface area contributed by atoms with Crippen LogP contribution in [0.2, 0.25) is 0 Å². The van der Waals surface area contributed by atoms with E-state index in [2.05, 4.69) is 16.8 Å². The monoisotopic (exact) mass is 227 g/mol. The molecule has 2 fully saturated rings. The van der Waals surface area contributed by atoms with Crippen LogP contribution >= 0.6 is 0 Å². The summed E-state index contributed by atoms with van der Waals surface area (Å²) in [7, 11) is 2.15. The Kier molecular flexibility index (Phi) is 4.15. The van der Waals surface area contributed by atoms with Gasteiger partial charge >= 0.3 is 0 Å². The molecule has 1 unspecified atom stereocenters. The van der Waals surface area contributed by atoms with Gasteiger partial charge in [-0.25, -0.2) is 0 Å². The highest BCUT2D eigenvalue weighted by atomic mass is 16.5. The van der Waals surface area contributed by atoms with Crippen LogP contribution in [0.15, 0.2) is 0 Å². The molecule has 5 nitrogen and oxygen atoms in total. The fraction of sp³-hybridized carbons (Fsp3) is 0.909. The van der Waals surface area contributed by atoms with E-state index < -0.39 is 0 Å². The van der Waals surface area contributed by atoms with Gasteiger partial charge < -0.3 is 14.5 Å². The molecule has 0 aromatic rings. The number of amides is 1. The minimum absolute atomic E-state index is 0.245. The lowest BCUT2D eigenvalue weighted by molar-refractivity contribution is -0.127. The van der Waals surface area contributed by atoms with Crippen molar-refractivity contribution in [3.63, 3.8) is 0 Å². The molecular formula is C11H21N3O2. The van der Waals surface area contributed by atoms with E-state index in [4.69, 9.17) is 4.74 Å². The van der Waals surface area contributed by atoms with Gasteiger partial charge in [0.15, 0.2) is 0 Å². The molecule has 92 valence electrons. The summed E-state index contributed by atoms with van der Waals surface area (Å²) in [6, 6.07) is 0.245. The van der Waals surface area contributed by atoms with Gasteiger partial charge in [-0.05, 0) is 7.05 Å². The predicted octanol–water partition coefficient (Wildman–Crippen LogP) is -0.909. The van der Waals surface area contributed by atoms with Gasteiger partial charge in [-0.2, -0.15) is 0 Å². The number of likely N-dealkylation sites (N-methyl/N-ethyl adjacent to an activating group) is 1. The van der Waals surface area contributed by atoms with Crippen molar-refractivity contribution in [3.8, 4) is 0 Å². The second kappa shape index (κ2) is 5.61. The third-order valence-electron chi connectivity index (χ3n) is 3.47. The van der Waals surface area contributed by atoms with Crippen molar-refractivity contribution in [1.29, 1.82) is 0 Å². The molecule has 2 aliphatic rings. The van der Waals surface area contributed by atoms with E-state index >= 15 is 0 Å². The first kappa shape index (κ1) is 11.8. The Labute approximate surface area is 96.9 Å². The molecule has 5 heteroatoms. The summed E-state index contributed by atoms with van der Waals surface area (Å²) in [5.74, 6) is 0. The summed E-state index contributed by atoms with van der Waals surface area (Å²) >= 11 is 0. The number of hydrogen-bond donors (Lipinski definition) is 0. The van der Waals surface area contributed by atoms with Crippen molar-refractivity contribution in [2.75, 3.05) is 59.5 Å². The molecule has 1 atom stereocenters. The second-order valence-corrected chi connectivity index (χ2v) is 4.68. The minimum Gasteiger partial charge on any atom is -0.377 e. The third-order valence-corrected chi connectivity index (χ3v) is 3.47. The van der Waals surface area contributed by atoms with Gasteiger partial charge in [0.2, 0.25) is 6.41 Å². The number of nitrogens with zero attached hydrogens (tertiary/aromatic N) is 3. The lowest BCUT2D eigenvalue weighted by Gasteiger charge is -2.39. The first-order valence-corrected chi connectivity index (χ1v) is 5.99. The first-order chi connectivity index (χ1) is 7.79. The number of piperazine rings is 1. The number of rotatable bonds is 3. The summed E-state index contributed by atoms with van der Waals surface area (Å²) in [5, 5.41) is 0. The highest BCUT2D eigenvalue weighted by molar-refractivity contribution is 5.48. The van der Waals surface area contributed by atoms with Crippen LogP contribution in [0.3, 0.4) is 0 Å². The average Bonchev–Trinajstić information content (AvgIpc) is 2.33. The van der Waals surface area contributed by atoms with Crippen LogP contribution in [0.4, 0.5) is 0 Å². The Bertz CT molecular complexity index is 229. The van der Waals surface area contributed by atoms with E-state index in [-0.39, 0.29) is 6.04 Å². The zero-order chi connectivity index (χ0) is 11.4. The fourth-order valence-electron chi connectivity index (χ4n) is 2.29. The van der Waals surface area contributed by atoms with Gasteiger partial charge in [0.05, 0.1) is 19.3 Å². The molecule has 1 amide bonds. The third kappa shape index (κ3) is 2.93. The predicted molar refractivity (Wildman–Crippen MR) is 61.3 cm³/mol. The lowest BCUT2D eigenvalue weighted by Crippen LogP contribution is -2.54. The van der Waals surface area contributed by atoms with Crippen molar-refractivity contribution in [1.82, 2.24) is 14.7 Å². The molecule has 0 aromatic heterocycles. The molecule has 2 heterocycles. The zero-order valence-corrected chi connectivity index (χ0v) is 9.97. The highest BCUT2D eigenvalue weighted by Gasteiger charge is 2.25. The molecule has 2 rings (SSSR count). The first-order valence-electron chi connectivity index (χ1n) is 5.99. The van der Waals surface area contributed by atoms with Gasteiger partial charge in [0, 0.05) is 39.3 Å². The van der Waals surface area contributed by atoms with E-state index in [9.17, 15) is 4.79 Å². The van der Waals surface area contributed by atoms with E-state index in [1.165, 1.54) is 0 Å². The molecule has 0 N–H and O–H groups in total. The molecule has 0 aromatic carbocycles. The highest BCUT2D eigenvalue weighted by Crippen LogP contribution is 2.08. The molecule has 0 radical (unpaired) electrons. The Morgan fingerprint density at radius 3 is 2.69 bits per heavy atom. The Morgan fingerprint density at radius 2 is 2.00 bits per heavy atom. The minimum atomic E-state index is 0.245. The molecule has 2 saturated heterocycles. The maximum atomic E-state index is 10.9. The summed E-state index contributed by atoms with van der Waals surface area (Å²) < 4.78 is 5.44. The topological polar surface area (TPSA) is 36.0 Å². The number of morpholine rings is 1. The van der Waals surface area contributed by atoms with Crippen LogP contribution in [-0.4, -0.2) is 86.7 Å². The molecular weight excluding hydrogens is 206 g/mol. The van der Waals surface area contributed by atoms with Crippen LogP contribution in [0.5, 0.6) is 0 Å². The molecule has 0 bridgehead atoms. The number of carbonyl (C=O) groups is 1. The SMILES string of the molecule is CN1CCN(CC2COCCN2C=O)CC1. The Balaban J connectivity index is 1.80. The maximum Gasteiger partial charge on any atom is 0.210 e. The van der Waals surface area contributed by atoms with Crippen molar-refractivity contribution in [3.05, 3.63) is 0 Å². The molecule has 2 aliphatic heterocycles. The summed E-state index contributed by atoms with van der Waals surface area (Å²) in [6.07, 6.45) is 0.962. The van der Waals surface area contributed by atoms with Crippen LogP contribution in [0.25, 0.3) is 0 Å².